The van der Waals surface area contributed by atoms with Crippen molar-refractivity contribution in [3.8, 4) is 0 Å². The van der Waals surface area contributed by atoms with Gasteiger partial charge in [-0.25, -0.2) is 4.79 Å². The van der Waals surface area contributed by atoms with Crippen LogP contribution < -0.4 is 10.4 Å². The fourth-order valence-corrected chi connectivity index (χ4v) is 12.3. The minimum atomic E-state index is -2.81. The highest BCUT2D eigenvalue weighted by Gasteiger charge is 2.52. The van der Waals surface area contributed by atoms with Gasteiger partial charge in [-0.15, -0.1) is 6.58 Å². The summed E-state index contributed by atoms with van der Waals surface area (Å²) >= 11 is 0. The molecule has 0 bridgehead atoms. The van der Waals surface area contributed by atoms with E-state index in [0.717, 1.165) is 0 Å². The normalized spacial score (nSPS) is 24.4. The molecule has 3 rings (SSSR count). The summed E-state index contributed by atoms with van der Waals surface area (Å²) < 4.78 is 30.8. The van der Waals surface area contributed by atoms with Crippen molar-refractivity contribution >= 4 is 24.8 Å². The summed E-state index contributed by atoms with van der Waals surface area (Å²) in [5, 5.41) is 26.0. The zero-order valence-electron chi connectivity index (χ0n) is 32.2. The Morgan fingerprint density at radius 3 is 2.04 bits per heavy atom. The van der Waals surface area contributed by atoms with E-state index in [1.807, 2.05) is 51.9 Å². The first-order valence-electron chi connectivity index (χ1n) is 17.9. The molecule has 1 saturated heterocycles. The first-order chi connectivity index (χ1) is 23.4. The molecule has 9 nitrogen and oxygen atoms in total. The van der Waals surface area contributed by atoms with Gasteiger partial charge in [-0.1, -0.05) is 108 Å². The molecule has 1 aliphatic rings. The number of aliphatic hydroxyl groups excluding tert-OH is 1. The number of hydrogen-bond donors (Lipinski definition) is 2. The summed E-state index contributed by atoms with van der Waals surface area (Å²) in [6.07, 6.45) is -2.15. The van der Waals surface area contributed by atoms with E-state index in [9.17, 15) is 15.0 Å². The first-order valence-corrected chi connectivity index (χ1v) is 19.8. The number of hydrogen-bond acceptors (Lipinski definition) is 9. The van der Waals surface area contributed by atoms with Crippen LogP contribution in [-0.2, 0) is 23.4 Å². The van der Waals surface area contributed by atoms with E-state index < -0.39 is 50.6 Å². The summed E-state index contributed by atoms with van der Waals surface area (Å²) in [5.41, 5.74) is -1.46. The van der Waals surface area contributed by atoms with Crippen molar-refractivity contribution in [2.24, 2.45) is 17.8 Å². The largest absolute Gasteiger partial charge is 0.508 e. The first kappa shape index (κ1) is 41.8. The molecule has 0 amide bonds. The molecular formula is C40H63NO8Si. The Kier molecular flexibility index (Phi) is 14.9. The summed E-state index contributed by atoms with van der Waals surface area (Å²) in [6.45, 7) is 20.5. The number of aliphatic hydroxyl groups is 2. The highest BCUT2D eigenvalue weighted by atomic mass is 28.4. The summed E-state index contributed by atoms with van der Waals surface area (Å²) in [5.74, 6) is -0.937. The average Bonchev–Trinajstić information content (AvgIpc) is 3.07. The number of nitrogens with zero attached hydrogens (tertiary/aromatic N) is 1. The SMILES string of the molecule is C=C[C@H](C)[C@@H](O)C(C)[C@@H](OC1O[C@H](C)C[C@H](N(C)C)[C@H]1OC(=O)OC)[C@](C)(O)C[C@@H](C)CO[Si](c1ccccc1)(c1ccccc1)C(C)(C)C. The maximum Gasteiger partial charge on any atom is 0.508 e. The highest BCUT2D eigenvalue weighted by molar-refractivity contribution is 6.99. The van der Waals surface area contributed by atoms with E-state index in [0.29, 0.717) is 19.4 Å². The lowest BCUT2D eigenvalue weighted by atomic mass is 9.78. The van der Waals surface area contributed by atoms with E-state index in [1.54, 1.807) is 13.0 Å². The molecule has 0 spiro atoms. The predicted octanol–water partition coefficient (Wildman–Crippen LogP) is 5.76. The smallest absolute Gasteiger partial charge is 0.438 e. The van der Waals surface area contributed by atoms with Gasteiger partial charge in [0, 0.05) is 18.4 Å². The van der Waals surface area contributed by atoms with Crippen LogP contribution in [-0.4, -0.2) is 99.7 Å². The van der Waals surface area contributed by atoms with Crippen LogP contribution >= 0.6 is 0 Å². The number of rotatable bonds is 16. The van der Waals surface area contributed by atoms with E-state index in [-0.39, 0.29) is 29.0 Å². The lowest BCUT2D eigenvalue weighted by Crippen LogP contribution is -2.67. The van der Waals surface area contributed by atoms with Crippen molar-refractivity contribution < 1.29 is 38.4 Å². The monoisotopic (exact) mass is 713 g/mol. The fraction of sp³-hybridized carbons (Fsp3) is 0.625. The van der Waals surface area contributed by atoms with Crippen LogP contribution in [0.5, 0.6) is 0 Å². The van der Waals surface area contributed by atoms with Gasteiger partial charge in [0.25, 0.3) is 8.32 Å². The Morgan fingerprint density at radius 2 is 1.58 bits per heavy atom. The maximum absolute atomic E-state index is 12.4. The molecule has 2 aromatic rings. The average molecular weight is 714 g/mol. The third-order valence-electron chi connectivity index (χ3n) is 10.2. The number of likely N-dealkylation sites (N-methyl/N-ethyl adjacent to an activating group) is 1. The van der Waals surface area contributed by atoms with E-state index in [1.165, 1.54) is 17.5 Å². The van der Waals surface area contributed by atoms with Crippen molar-refractivity contribution in [1.29, 1.82) is 0 Å². The second kappa shape index (κ2) is 17.8. The number of carbonyl (C=O) groups is 1. The van der Waals surface area contributed by atoms with Gasteiger partial charge in [0.2, 0.25) is 0 Å². The third-order valence-corrected chi connectivity index (χ3v) is 15.2. The fourth-order valence-electron chi connectivity index (χ4n) is 7.61. The van der Waals surface area contributed by atoms with Crippen LogP contribution in [0.25, 0.3) is 0 Å². The van der Waals surface area contributed by atoms with Crippen molar-refractivity contribution in [3.63, 3.8) is 0 Å². The molecule has 280 valence electrons. The summed E-state index contributed by atoms with van der Waals surface area (Å²) in [4.78, 5) is 14.4. The van der Waals surface area contributed by atoms with Gasteiger partial charge in [0.15, 0.2) is 12.4 Å². The summed E-state index contributed by atoms with van der Waals surface area (Å²) in [7, 11) is 2.26. The topological polar surface area (TPSA) is 107 Å². The van der Waals surface area contributed by atoms with Crippen LogP contribution in [0.3, 0.4) is 0 Å². The molecule has 10 atom stereocenters. The van der Waals surface area contributed by atoms with Gasteiger partial charge in [-0.05, 0) is 62.1 Å². The molecule has 2 unspecified atom stereocenters. The van der Waals surface area contributed by atoms with Crippen molar-refractivity contribution in [2.45, 2.75) is 116 Å². The number of ether oxygens (including phenoxy) is 4. The molecule has 0 saturated carbocycles. The molecular weight excluding hydrogens is 651 g/mol. The summed E-state index contributed by atoms with van der Waals surface area (Å²) in [6, 6.07) is 20.7. The molecule has 10 heteroatoms. The lowest BCUT2D eigenvalue weighted by molar-refractivity contribution is -0.299. The predicted molar refractivity (Wildman–Crippen MR) is 201 cm³/mol. The zero-order valence-corrected chi connectivity index (χ0v) is 33.2. The number of benzene rings is 2. The van der Waals surface area contributed by atoms with Gasteiger partial charge in [0.05, 0.1) is 37.1 Å². The Hall–Kier alpha value is -2.57. The maximum atomic E-state index is 12.4. The van der Waals surface area contributed by atoms with E-state index >= 15 is 0 Å². The third kappa shape index (κ3) is 9.85. The zero-order chi connectivity index (χ0) is 37.4. The number of carbonyl (C=O) groups excluding carboxylic acids is 1. The van der Waals surface area contributed by atoms with Crippen molar-refractivity contribution in [1.82, 2.24) is 4.90 Å². The quantitative estimate of drug-likeness (QED) is 0.128. The van der Waals surface area contributed by atoms with Gasteiger partial charge in [-0.3, -0.25) is 0 Å². The van der Waals surface area contributed by atoms with Gasteiger partial charge < -0.3 is 38.5 Å². The van der Waals surface area contributed by atoms with Gasteiger partial charge in [0.1, 0.15) is 0 Å². The van der Waals surface area contributed by atoms with Crippen molar-refractivity contribution in [3.05, 3.63) is 73.3 Å². The lowest BCUT2D eigenvalue weighted by Gasteiger charge is -2.47. The molecule has 0 aromatic heterocycles. The second-order valence-electron chi connectivity index (χ2n) is 15.8. The molecule has 2 N–H and O–H groups in total. The van der Waals surface area contributed by atoms with Crippen LogP contribution in [0.1, 0.15) is 68.2 Å². The van der Waals surface area contributed by atoms with Crippen LogP contribution in [0.4, 0.5) is 4.79 Å². The van der Waals surface area contributed by atoms with Crippen molar-refractivity contribution in [2.75, 3.05) is 27.8 Å². The Balaban J connectivity index is 1.98. The van der Waals surface area contributed by atoms with Gasteiger partial charge in [-0.2, -0.15) is 0 Å². The molecule has 50 heavy (non-hydrogen) atoms. The van der Waals surface area contributed by atoms with Crippen LogP contribution in [0, 0.1) is 17.8 Å². The molecule has 1 fully saturated rings. The molecule has 1 aliphatic heterocycles. The minimum absolute atomic E-state index is 0.109. The Morgan fingerprint density at radius 1 is 1.04 bits per heavy atom. The van der Waals surface area contributed by atoms with E-state index in [2.05, 4.69) is 82.8 Å². The molecule has 0 radical (unpaired) electrons. The molecule has 2 aromatic carbocycles. The number of methoxy groups -OCH3 is 1. The molecule has 0 aliphatic carbocycles. The Bertz CT molecular complexity index is 1290. The van der Waals surface area contributed by atoms with Gasteiger partial charge >= 0.3 is 6.16 Å². The van der Waals surface area contributed by atoms with Crippen LogP contribution in [0.2, 0.25) is 5.04 Å². The van der Waals surface area contributed by atoms with Crippen LogP contribution in [0.15, 0.2) is 73.3 Å². The minimum Gasteiger partial charge on any atom is -0.438 e. The second-order valence-corrected chi connectivity index (χ2v) is 20.1. The molecule has 1 heterocycles. The standard InChI is InChI=1S/C40H63NO8Si/c1-13-28(3)34(42)30(5)36(49-37-35(48-38(43)45-12)33(41(10)11)24-29(4)47-37)40(9,44)25-27(2)26-46-50(39(6,7)8,31-20-16-14-17-21-31)32-22-18-15-19-23-32/h13-23,27-30,33-37,42,44H,1,24-26H2,2-12H3/t27-,28+,29-,30?,33+,34-,35-,36-,37?,40-/m1/s1. The Labute approximate surface area is 302 Å². The van der Waals surface area contributed by atoms with E-state index in [4.69, 9.17) is 23.4 Å². The highest BCUT2D eigenvalue weighted by Crippen LogP contribution is 2.39.